The lowest BCUT2D eigenvalue weighted by Gasteiger charge is -2.37. The molecule has 6 atom stereocenters. The Bertz CT molecular complexity index is 1450. The van der Waals surface area contributed by atoms with Gasteiger partial charge in [0.25, 0.3) is 5.91 Å². The topological polar surface area (TPSA) is 180 Å². The molecule has 1 aliphatic carbocycles. The van der Waals surface area contributed by atoms with Crippen LogP contribution in [0.25, 0.3) is 0 Å². The highest BCUT2D eigenvalue weighted by Crippen LogP contribution is 2.35. The molecule has 2 aromatic rings. The van der Waals surface area contributed by atoms with E-state index in [2.05, 4.69) is 20.6 Å². The molecule has 3 amide bonds. The van der Waals surface area contributed by atoms with Crippen LogP contribution in [0.3, 0.4) is 0 Å². The van der Waals surface area contributed by atoms with Gasteiger partial charge in [-0.15, -0.1) is 22.7 Å². The maximum absolute atomic E-state index is 14.0. The van der Waals surface area contributed by atoms with Crippen molar-refractivity contribution in [2.24, 2.45) is 17.8 Å². The summed E-state index contributed by atoms with van der Waals surface area (Å²) in [5, 5.41) is 20.0. The van der Waals surface area contributed by atoms with Gasteiger partial charge < -0.3 is 30.1 Å². The van der Waals surface area contributed by atoms with Crippen LogP contribution in [0.5, 0.6) is 0 Å². The Morgan fingerprint density at radius 2 is 1.88 bits per heavy atom. The van der Waals surface area contributed by atoms with E-state index >= 15 is 0 Å². The standard InChI is InChI=1S/C33H48N6O8S2/c1-18(2)24(39(6)32(43)28(21-7-8-21)37-30(42)25-16-46-11-10-38(25)5)15-26(47-20(4)40)31-36-23(17-49-31)29(41)35-22(13-19(3)33(44)45)14-27-34-9-12-48-27/h9,12,17-19,21-22,24-26,28H,7-8,10-11,13-16H2,1-6H3,(H,35,41)(H,37,42)(H,44,45)/t19-,22+,24+,25+,26+,28-/m0/s1. The first-order valence-electron chi connectivity index (χ1n) is 16.6. The summed E-state index contributed by atoms with van der Waals surface area (Å²) in [4.78, 5) is 76.8. The molecule has 0 aromatic carbocycles. The number of carbonyl (C=O) groups is 5. The van der Waals surface area contributed by atoms with E-state index in [9.17, 15) is 29.1 Å². The van der Waals surface area contributed by atoms with Crippen molar-refractivity contribution >= 4 is 52.3 Å². The number of morpholine rings is 1. The first-order chi connectivity index (χ1) is 23.2. The molecule has 2 aromatic heterocycles. The maximum Gasteiger partial charge on any atom is 0.306 e. The zero-order valence-corrected chi connectivity index (χ0v) is 30.6. The van der Waals surface area contributed by atoms with Crippen LogP contribution in [0, 0.1) is 17.8 Å². The van der Waals surface area contributed by atoms with Gasteiger partial charge in [-0.2, -0.15) is 0 Å². The first kappa shape index (κ1) is 38.3. The van der Waals surface area contributed by atoms with E-state index in [0.717, 1.165) is 17.8 Å². The van der Waals surface area contributed by atoms with Crippen molar-refractivity contribution < 1.29 is 38.6 Å². The number of aliphatic carboxylic acids is 1. The van der Waals surface area contributed by atoms with Crippen LogP contribution in [0.15, 0.2) is 17.0 Å². The Morgan fingerprint density at radius 1 is 1.14 bits per heavy atom. The van der Waals surface area contributed by atoms with Crippen LogP contribution in [-0.4, -0.2) is 113 Å². The number of nitrogens with one attached hydrogen (secondary N) is 2. The second-order valence-electron chi connectivity index (χ2n) is 13.3. The van der Waals surface area contributed by atoms with Gasteiger partial charge in [0.05, 0.1) is 24.1 Å². The number of ether oxygens (including phenoxy) is 2. The third-order valence-electron chi connectivity index (χ3n) is 9.06. The Balaban J connectivity index is 1.48. The number of hydrogen-bond donors (Lipinski definition) is 3. The molecule has 0 unspecified atom stereocenters. The Morgan fingerprint density at radius 3 is 2.47 bits per heavy atom. The largest absolute Gasteiger partial charge is 0.481 e. The van der Waals surface area contributed by atoms with Gasteiger partial charge >= 0.3 is 11.9 Å². The maximum atomic E-state index is 14.0. The third kappa shape index (κ3) is 10.8. The van der Waals surface area contributed by atoms with E-state index in [0.29, 0.717) is 24.6 Å². The number of carbonyl (C=O) groups excluding carboxylic acids is 4. The molecule has 14 nitrogen and oxygen atoms in total. The minimum Gasteiger partial charge on any atom is -0.481 e. The summed E-state index contributed by atoms with van der Waals surface area (Å²) in [6, 6.07) is -2.04. The molecular weight excluding hydrogens is 673 g/mol. The molecule has 0 bridgehead atoms. The van der Waals surface area contributed by atoms with Crippen LogP contribution >= 0.6 is 22.7 Å². The van der Waals surface area contributed by atoms with Gasteiger partial charge in [-0.3, -0.25) is 28.9 Å². The van der Waals surface area contributed by atoms with Crippen molar-refractivity contribution in [3.63, 3.8) is 0 Å². The number of likely N-dealkylation sites (N-methyl/N-ethyl adjacent to an activating group) is 2. The summed E-state index contributed by atoms with van der Waals surface area (Å²) in [6.45, 7) is 8.28. The number of rotatable bonds is 17. The number of hydrogen-bond acceptors (Lipinski definition) is 12. The normalized spacial score (nSPS) is 19.7. The van der Waals surface area contributed by atoms with E-state index in [4.69, 9.17) is 9.47 Å². The van der Waals surface area contributed by atoms with Gasteiger partial charge in [-0.1, -0.05) is 20.8 Å². The van der Waals surface area contributed by atoms with Crippen molar-refractivity contribution in [1.29, 1.82) is 0 Å². The quantitative estimate of drug-likeness (QED) is 0.205. The average Bonchev–Trinajstić information content (AvgIpc) is 3.52. The number of aromatic nitrogens is 2. The number of carboxylic acids is 1. The first-order valence-corrected chi connectivity index (χ1v) is 18.4. The van der Waals surface area contributed by atoms with Crippen molar-refractivity contribution in [3.8, 4) is 0 Å². The molecule has 2 aliphatic rings. The number of esters is 1. The molecule has 2 fully saturated rings. The fourth-order valence-electron chi connectivity index (χ4n) is 5.99. The Labute approximate surface area is 294 Å². The molecule has 49 heavy (non-hydrogen) atoms. The van der Waals surface area contributed by atoms with Crippen LogP contribution in [0.1, 0.15) is 80.0 Å². The summed E-state index contributed by atoms with van der Waals surface area (Å²) < 4.78 is 11.2. The second-order valence-corrected chi connectivity index (χ2v) is 15.2. The fraction of sp³-hybridized carbons (Fsp3) is 0.667. The summed E-state index contributed by atoms with van der Waals surface area (Å²) >= 11 is 2.59. The minimum atomic E-state index is -0.959. The highest BCUT2D eigenvalue weighted by atomic mass is 32.1. The smallest absolute Gasteiger partial charge is 0.306 e. The Hall–Kier alpha value is -3.47. The van der Waals surface area contributed by atoms with Gasteiger partial charge in [0.15, 0.2) is 6.10 Å². The van der Waals surface area contributed by atoms with E-state index < -0.39 is 54.0 Å². The minimum absolute atomic E-state index is 0.0451. The zero-order chi connectivity index (χ0) is 35.8. The molecule has 4 rings (SSSR count). The predicted molar refractivity (Wildman–Crippen MR) is 183 cm³/mol. The summed E-state index contributed by atoms with van der Waals surface area (Å²) in [5.74, 6) is -3.11. The van der Waals surface area contributed by atoms with E-state index in [1.54, 1.807) is 30.4 Å². The number of thiazole rings is 2. The molecule has 1 aliphatic heterocycles. The molecule has 270 valence electrons. The van der Waals surface area contributed by atoms with Crippen molar-refractivity contribution in [2.45, 2.75) is 90.1 Å². The molecule has 1 saturated carbocycles. The van der Waals surface area contributed by atoms with Gasteiger partial charge in [0.2, 0.25) is 11.8 Å². The van der Waals surface area contributed by atoms with Crippen molar-refractivity contribution in [1.82, 2.24) is 30.4 Å². The van der Waals surface area contributed by atoms with Gasteiger partial charge in [-0.05, 0) is 38.1 Å². The SMILES string of the molecule is CC(=O)O[C@H](C[C@H](C(C)C)N(C)C(=O)[C@@H](NC(=O)[C@H]1COCCN1C)C1CC1)c1nc(C(=O)N[C@@H](Cc2nccs2)C[C@H](C)C(=O)O)cs1. The lowest BCUT2D eigenvalue weighted by atomic mass is 9.95. The van der Waals surface area contributed by atoms with E-state index in [1.165, 1.54) is 29.6 Å². The number of amides is 3. The van der Waals surface area contributed by atoms with Crippen LogP contribution < -0.4 is 10.6 Å². The number of carboxylic acid groups (broad SMARTS) is 1. The molecule has 3 N–H and O–H groups in total. The fourth-order valence-corrected chi connectivity index (χ4v) is 7.52. The molecule has 16 heteroatoms. The van der Waals surface area contributed by atoms with E-state index in [1.807, 2.05) is 31.2 Å². The highest BCUT2D eigenvalue weighted by Gasteiger charge is 2.42. The Kier molecular flexibility index (Phi) is 13.7. The van der Waals surface area contributed by atoms with Gasteiger partial charge in [0, 0.05) is 62.4 Å². The second kappa shape index (κ2) is 17.5. The van der Waals surface area contributed by atoms with Crippen molar-refractivity contribution in [2.75, 3.05) is 33.9 Å². The summed E-state index contributed by atoms with van der Waals surface area (Å²) in [5.41, 5.74) is 0.114. The lowest BCUT2D eigenvalue weighted by Crippen LogP contribution is -2.58. The molecule has 3 heterocycles. The van der Waals surface area contributed by atoms with Gasteiger partial charge in [0.1, 0.15) is 22.8 Å². The third-order valence-corrected chi connectivity index (χ3v) is 10.8. The highest BCUT2D eigenvalue weighted by molar-refractivity contribution is 7.10. The monoisotopic (exact) mass is 720 g/mol. The van der Waals surface area contributed by atoms with Crippen LogP contribution in [0.2, 0.25) is 0 Å². The zero-order valence-electron chi connectivity index (χ0n) is 28.9. The summed E-state index contributed by atoms with van der Waals surface area (Å²) in [7, 11) is 3.57. The predicted octanol–water partition coefficient (Wildman–Crippen LogP) is 2.75. The van der Waals surface area contributed by atoms with Crippen LogP contribution in [-0.2, 0) is 35.1 Å². The lowest BCUT2D eigenvalue weighted by molar-refractivity contribution is -0.149. The van der Waals surface area contributed by atoms with E-state index in [-0.39, 0.29) is 48.8 Å². The summed E-state index contributed by atoms with van der Waals surface area (Å²) in [6.07, 6.45) is 3.30. The average molecular weight is 721 g/mol. The molecular formula is C33H48N6O8S2. The van der Waals surface area contributed by atoms with Gasteiger partial charge in [-0.25, -0.2) is 9.97 Å². The van der Waals surface area contributed by atoms with Crippen LogP contribution in [0.4, 0.5) is 0 Å². The molecule has 1 saturated heterocycles. The number of nitrogens with zero attached hydrogens (tertiary/aromatic N) is 4. The van der Waals surface area contributed by atoms with Crippen molar-refractivity contribution in [3.05, 3.63) is 32.7 Å². The molecule has 0 spiro atoms. The molecule has 0 radical (unpaired) electrons.